The van der Waals surface area contributed by atoms with Gasteiger partial charge in [0.2, 0.25) is 0 Å². The molecule has 2 heteroatoms. The van der Waals surface area contributed by atoms with E-state index in [1.54, 1.807) is 0 Å². The number of hydrogen-bond acceptors (Lipinski definition) is 1. The molecule has 224 valence electrons. The molecule has 0 unspecified atom stereocenters. The van der Waals surface area contributed by atoms with Gasteiger partial charge in [-0.1, -0.05) is 140 Å². The first-order chi connectivity index (χ1) is 18.4. The third-order valence-electron chi connectivity index (χ3n) is 7.11. The molecule has 0 spiro atoms. The van der Waals surface area contributed by atoms with Gasteiger partial charge < -0.3 is 5.32 Å². The van der Waals surface area contributed by atoms with Gasteiger partial charge in [0, 0.05) is 0 Å². The maximum atomic E-state index is 3.66. The van der Waals surface area contributed by atoms with Crippen LogP contribution in [0.3, 0.4) is 0 Å². The largest absolute Gasteiger partial charge is 0.317 e. The van der Waals surface area contributed by atoms with Crippen LogP contribution in [0.2, 0.25) is 0 Å². The summed E-state index contributed by atoms with van der Waals surface area (Å²) in [4.78, 5) is 0. The number of rotatable bonds is 30. The minimum atomic E-state index is 0. The van der Waals surface area contributed by atoms with E-state index in [0.29, 0.717) is 0 Å². The zero-order valence-electron chi connectivity index (χ0n) is 25.9. The van der Waals surface area contributed by atoms with E-state index in [2.05, 4.69) is 67.8 Å². The molecule has 0 aromatic heterocycles. The Balaban J connectivity index is 0. The first kappa shape index (κ1) is 39.4. The summed E-state index contributed by atoms with van der Waals surface area (Å²) in [6, 6.07) is 0. The molecule has 0 aliphatic heterocycles. The summed E-state index contributed by atoms with van der Waals surface area (Å²) in [5.41, 5.74) is 0. The molecule has 0 saturated carbocycles. The number of hydrogen-bond donors (Lipinski definition) is 1. The summed E-state index contributed by atoms with van der Waals surface area (Å²) < 4.78 is 0. The SMILES string of the molecule is CCCCC/C=C\C/C=C\CCCCCCCCNCCCCCCCC/C=C\C/C=C\CCCCC.Cl. The van der Waals surface area contributed by atoms with Crippen LogP contribution in [0.1, 0.15) is 168 Å². The van der Waals surface area contributed by atoms with Crippen molar-refractivity contribution >= 4 is 12.4 Å². The van der Waals surface area contributed by atoms with Gasteiger partial charge in [-0.2, -0.15) is 0 Å². The standard InChI is InChI=1S/C36H67N.ClH/c1-3-5-7-9-11-13-15-17-19-21-23-25-27-29-31-33-35-37-36-34-32-30-28-26-24-22-20-18-16-14-12-10-8-6-4-2;/h11-14,17-20,37H,3-10,15-16,21-36H2,1-2H3;1H/b13-11-,14-12-,19-17-,20-18-;. The molecule has 38 heavy (non-hydrogen) atoms. The second kappa shape index (κ2) is 38.4. The summed E-state index contributed by atoms with van der Waals surface area (Å²) >= 11 is 0. The van der Waals surface area contributed by atoms with Crippen LogP contribution in [-0.2, 0) is 0 Å². The molecule has 0 fully saturated rings. The average Bonchev–Trinajstić information content (AvgIpc) is 2.91. The highest BCUT2D eigenvalue weighted by molar-refractivity contribution is 5.85. The van der Waals surface area contributed by atoms with Crippen LogP contribution in [0.15, 0.2) is 48.6 Å². The van der Waals surface area contributed by atoms with Gasteiger partial charge >= 0.3 is 0 Å². The maximum absolute atomic E-state index is 3.66. The van der Waals surface area contributed by atoms with Crippen molar-refractivity contribution in [3.63, 3.8) is 0 Å². The van der Waals surface area contributed by atoms with E-state index >= 15 is 0 Å². The second-order valence-electron chi connectivity index (χ2n) is 10.9. The molecule has 0 bridgehead atoms. The minimum absolute atomic E-state index is 0. The van der Waals surface area contributed by atoms with Crippen molar-refractivity contribution in [2.24, 2.45) is 0 Å². The molecular formula is C36H68ClN. The van der Waals surface area contributed by atoms with Crippen LogP contribution in [0, 0.1) is 0 Å². The van der Waals surface area contributed by atoms with E-state index in [9.17, 15) is 0 Å². The van der Waals surface area contributed by atoms with Gasteiger partial charge in [-0.05, 0) is 90.1 Å². The van der Waals surface area contributed by atoms with Gasteiger partial charge in [0.15, 0.2) is 0 Å². The molecule has 0 radical (unpaired) electrons. The van der Waals surface area contributed by atoms with Crippen LogP contribution in [0.25, 0.3) is 0 Å². The zero-order chi connectivity index (χ0) is 26.7. The van der Waals surface area contributed by atoms with Crippen molar-refractivity contribution in [1.29, 1.82) is 0 Å². The Kier molecular flexibility index (Phi) is 39.7. The lowest BCUT2D eigenvalue weighted by Crippen LogP contribution is -2.16. The molecule has 0 aliphatic rings. The predicted octanol–water partition coefficient (Wildman–Crippen LogP) is 12.6. The lowest BCUT2D eigenvalue weighted by Gasteiger charge is -2.05. The monoisotopic (exact) mass is 550 g/mol. The van der Waals surface area contributed by atoms with Crippen LogP contribution in [0.5, 0.6) is 0 Å². The van der Waals surface area contributed by atoms with Gasteiger partial charge in [0.05, 0.1) is 0 Å². The molecular weight excluding hydrogens is 482 g/mol. The van der Waals surface area contributed by atoms with E-state index in [-0.39, 0.29) is 12.4 Å². The van der Waals surface area contributed by atoms with Gasteiger partial charge in [0.1, 0.15) is 0 Å². The summed E-state index contributed by atoms with van der Waals surface area (Å²) in [5, 5.41) is 3.66. The lowest BCUT2D eigenvalue weighted by molar-refractivity contribution is 0.540. The summed E-state index contributed by atoms with van der Waals surface area (Å²) in [6.07, 6.45) is 50.9. The van der Waals surface area contributed by atoms with Crippen molar-refractivity contribution in [1.82, 2.24) is 5.32 Å². The van der Waals surface area contributed by atoms with Gasteiger partial charge in [-0.25, -0.2) is 0 Å². The quantitative estimate of drug-likeness (QED) is 0.0693. The van der Waals surface area contributed by atoms with E-state index in [0.717, 1.165) is 12.8 Å². The fraction of sp³-hybridized carbons (Fsp3) is 0.778. The predicted molar refractivity (Wildman–Crippen MR) is 179 cm³/mol. The fourth-order valence-corrected chi connectivity index (χ4v) is 4.60. The first-order valence-corrected chi connectivity index (χ1v) is 16.7. The Labute approximate surface area is 246 Å². The van der Waals surface area contributed by atoms with Crippen molar-refractivity contribution in [2.75, 3.05) is 13.1 Å². The first-order valence-electron chi connectivity index (χ1n) is 16.7. The van der Waals surface area contributed by atoms with Crippen LogP contribution in [-0.4, -0.2) is 13.1 Å². The Morgan fingerprint density at radius 3 is 0.974 bits per heavy atom. The van der Waals surface area contributed by atoms with Gasteiger partial charge in [0.25, 0.3) is 0 Å². The average molecular weight is 550 g/mol. The van der Waals surface area contributed by atoms with Crippen LogP contribution >= 0.6 is 12.4 Å². The molecule has 1 nitrogen and oxygen atoms in total. The fourth-order valence-electron chi connectivity index (χ4n) is 4.60. The highest BCUT2D eigenvalue weighted by Crippen LogP contribution is 2.09. The Morgan fingerprint density at radius 2 is 0.632 bits per heavy atom. The van der Waals surface area contributed by atoms with E-state index in [1.165, 1.54) is 154 Å². The Morgan fingerprint density at radius 1 is 0.342 bits per heavy atom. The Hall–Kier alpha value is -0.790. The smallest absolute Gasteiger partial charge is 0.00489 e. The van der Waals surface area contributed by atoms with Crippen molar-refractivity contribution in [3.8, 4) is 0 Å². The van der Waals surface area contributed by atoms with Crippen molar-refractivity contribution in [2.45, 2.75) is 168 Å². The third kappa shape index (κ3) is 37.4. The summed E-state index contributed by atoms with van der Waals surface area (Å²) in [5.74, 6) is 0. The number of nitrogens with one attached hydrogen (secondary N) is 1. The van der Waals surface area contributed by atoms with E-state index in [1.807, 2.05) is 0 Å². The minimum Gasteiger partial charge on any atom is -0.317 e. The molecule has 0 saturated heterocycles. The Bertz CT molecular complexity index is 473. The number of unbranched alkanes of at least 4 members (excludes halogenated alkanes) is 18. The normalized spacial score (nSPS) is 12.1. The lowest BCUT2D eigenvalue weighted by atomic mass is 10.1. The number of halogens is 1. The van der Waals surface area contributed by atoms with E-state index in [4.69, 9.17) is 0 Å². The molecule has 0 aromatic rings. The zero-order valence-corrected chi connectivity index (χ0v) is 26.7. The summed E-state index contributed by atoms with van der Waals surface area (Å²) in [7, 11) is 0. The molecule has 0 heterocycles. The topological polar surface area (TPSA) is 12.0 Å². The molecule has 0 aliphatic carbocycles. The van der Waals surface area contributed by atoms with Gasteiger partial charge in [-0.15, -0.1) is 12.4 Å². The highest BCUT2D eigenvalue weighted by Gasteiger charge is 1.94. The van der Waals surface area contributed by atoms with Crippen LogP contribution in [0.4, 0.5) is 0 Å². The van der Waals surface area contributed by atoms with Crippen LogP contribution < -0.4 is 5.32 Å². The molecule has 0 amide bonds. The maximum Gasteiger partial charge on any atom is -0.00489 e. The van der Waals surface area contributed by atoms with Crippen molar-refractivity contribution < 1.29 is 0 Å². The van der Waals surface area contributed by atoms with Crippen molar-refractivity contribution in [3.05, 3.63) is 48.6 Å². The third-order valence-corrected chi connectivity index (χ3v) is 7.11. The molecule has 0 rings (SSSR count). The molecule has 1 N–H and O–H groups in total. The number of allylic oxidation sites excluding steroid dienone is 8. The molecule has 0 atom stereocenters. The summed E-state index contributed by atoms with van der Waals surface area (Å²) in [6.45, 7) is 6.97. The second-order valence-corrected chi connectivity index (χ2v) is 10.9. The van der Waals surface area contributed by atoms with Gasteiger partial charge in [-0.3, -0.25) is 0 Å². The highest BCUT2D eigenvalue weighted by atomic mass is 35.5. The molecule has 0 aromatic carbocycles. The van der Waals surface area contributed by atoms with E-state index < -0.39 is 0 Å².